The van der Waals surface area contributed by atoms with Gasteiger partial charge in [-0.15, -0.1) is 9.24 Å². The van der Waals surface area contributed by atoms with Crippen LogP contribution in [0.4, 0.5) is 0 Å². The quantitative estimate of drug-likeness (QED) is 0.750. The summed E-state index contributed by atoms with van der Waals surface area (Å²) in [6.07, 6.45) is 4.13. The smallest absolute Gasteiger partial charge is 0.00659 e. The van der Waals surface area contributed by atoms with E-state index in [0.29, 0.717) is 0 Å². The Morgan fingerprint density at radius 3 is 1.74 bits per heavy atom. The summed E-state index contributed by atoms with van der Waals surface area (Å²) in [5.41, 5.74) is 1.61. The molecule has 3 unspecified atom stereocenters. The van der Waals surface area contributed by atoms with Crippen LogP contribution in [-0.2, 0) is 0 Å². The molecule has 1 aliphatic rings. The standard InChI is InChI=1S/C17H20P2/c18-16-12-7-13-17(16)19(14-8-3-1-4-9-14)15-10-5-2-6-11-15/h1-6,8-11,16-17H,7,12-13,18H2. The molecule has 0 nitrogen and oxygen atoms in total. The van der Waals surface area contributed by atoms with E-state index in [9.17, 15) is 0 Å². The third kappa shape index (κ3) is 2.91. The summed E-state index contributed by atoms with van der Waals surface area (Å²) in [6.45, 7) is 0. The molecule has 3 rings (SSSR count). The van der Waals surface area contributed by atoms with Crippen LogP contribution < -0.4 is 10.6 Å². The van der Waals surface area contributed by atoms with E-state index in [1.54, 1.807) is 0 Å². The van der Waals surface area contributed by atoms with Crippen LogP contribution in [0.25, 0.3) is 0 Å². The lowest BCUT2D eigenvalue weighted by Gasteiger charge is -2.28. The number of rotatable bonds is 3. The first-order valence-corrected chi connectivity index (χ1v) is 9.09. The fourth-order valence-corrected chi connectivity index (χ4v) is 6.97. The maximum Gasteiger partial charge on any atom is -0.00659 e. The van der Waals surface area contributed by atoms with Crippen molar-refractivity contribution in [2.75, 3.05) is 0 Å². The van der Waals surface area contributed by atoms with Crippen molar-refractivity contribution in [2.45, 2.75) is 30.6 Å². The van der Waals surface area contributed by atoms with E-state index < -0.39 is 0 Å². The summed E-state index contributed by atoms with van der Waals surface area (Å²) < 4.78 is 0. The second-order valence-electron chi connectivity index (χ2n) is 5.20. The maximum atomic E-state index is 3.10. The minimum atomic E-state index is -0.212. The van der Waals surface area contributed by atoms with Crippen molar-refractivity contribution < 1.29 is 0 Å². The van der Waals surface area contributed by atoms with Gasteiger partial charge in [-0.25, -0.2) is 0 Å². The maximum absolute atomic E-state index is 3.10. The Labute approximate surface area is 119 Å². The summed E-state index contributed by atoms with van der Waals surface area (Å²) in [5.74, 6) is 0. The molecule has 0 N–H and O–H groups in total. The highest BCUT2D eigenvalue weighted by molar-refractivity contribution is 7.74. The molecule has 0 heterocycles. The molecular formula is C17H20P2. The van der Waals surface area contributed by atoms with E-state index in [4.69, 9.17) is 0 Å². The molecule has 0 aliphatic heterocycles. The zero-order chi connectivity index (χ0) is 13.1. The molecule has 1 aliphatic carbocycles. The van der Waals surface area contributed by atoms with E-state index in [2.05, 4.69) is 69.9 Å². The van der Waals surface area contributed by atoms with Crippen molar-refractivity contribution >= 4 is 27.8 Å². The zero-order valence-corrected chi connectivity index (χ0v) is 13.1. The predicted molar refractivity (Wildman–Crippen MR) is 90.2 cm³/mol. The lowest BCUT2D eigenvalue weighted by molar-refractivity contribution is 0.889. The molecule has 0 radical (unpaired) electrons. The Bertz CT molecular complexity index is 470. The van der Waals surface area contributed by atoms with Crippen molar-refractivity contribution in [3.63, 3.8) is 0 Å². The summed E-state index contributed by atoms with van der Waals surface area (Å²) in [6, 6.07) is 22.2. The Balaban J connectivity index is 2.01. The lowest BCUT2D eigenvalue weighted by Crippen LogP contribution is -2.24. The summed E-state index contributed by atoms with van der Waals surface area (Å²) in [7, 11) is 2.89. The van der Waals surface area contributed by atoms with E-state index in [1.165, 1.54) is 29.9 Å². The molecule has 0 bridgehead atoms. The van der Waals surface area contributed by atoms with Crippen molar-refractivity contribution in [3.8, 4) is 0 Å². The predicted octanol–water partition coefficient (Wildman–Crippen LogP) is 3.92. The molecule has 2 aromatic rings. The number of benzene rings is 2. The number of hydrogen-bond donors (Lipinski definition) is 0. The molecule has 1 saturated carbocycles. The molecule has 19 heavy (non-hydrogen) atoms. The highest BCUT2D eigenvalue weighted by atomic mass is 31.1. The second kappa shape index (κ2) is 6.17. The largest absolute Gasteiger partial charge is 0.134 e. The summed E-state index contributed by atoms with van der Waals surface area (Å²) in [4.78, 5) is 0. The molecule has 0 amide bonds. The highest BCUT2D eigenvalue weighted by Gasteiger charge is 2.32. The van der Waals surface area contributed by atoms with Crippen LogP contribution >= 0.6 is 17.2 Å². The SMILES string of the molecule is PC1CCCC1P(c1ccccc1)c1ccccc1. The van der Waals surface area contributed by atoms with Gasteiger partial charge >= 0.3 is 0 Å². The molecule has 0 spiro atoms. The van der Waals surface area contributed by atoms with Crippen molar-refractivity contribution in [1.29, 1.82) is 0 Å². The number of hydrogen-bond acceptors (Lipinski definition) is 0. The molecule has 2 heteroatoms. The van der Waals surface area contributed by atoms with Crippen LogP contribution in [0.3, 0.4) is 0 Å². The molecule has 0 saturated heterocycles. The van der Waals surface area contributed by atoms with Gasteiger partial charge in [-0.05, 0) is 42.7 Å². The van der Waals surface area contributed by atoms with E-state index in [1.807, 2.05) is 0 Å². The lowest BCUT2D eigenvalue weighted by atomic mass is 10.3. The van der Waals surface area contributed by atoms with Gasteiger partial charge in [0.2, 0.25) is 0 Å². The van der Waals surface area contributed by atoms with Gasteiger partial charge in [0, 0.05) is 0 Å². The van der Waals surface area contributed by atoms with Gasteiger partial charge in [0.25, 0.3) is 0 Å². The van der Waals surface area contributed by atoms with E-state index in [0.717, 1.165) is 11.3 Å². The van der Waals surface area contributed by atoms with Crippen molar-refractivity contribution in [1.82, 2.24) is 0 Å². The van der Waals surface area contributed by atoms with Crippen LogP contribution in [0.15, 0.2) is 60.7 Å². The Kier molecular flexibility index (Phi) is 4.31. The highest BCUT2D eigenvalue weighted by Crippen LogP contribution is 2.49. The second-order valence-corrected chi connectivity index (χ2v) is 8.50. The van der Waals surface area contributed by atoms with Crippen LogP contribution in [0.5, 0.6) is 0 Å². The normalized spacial score (nSPS) is 22.8. The van der Waals surface area contributed by atoms with Crippen molar-refractivity contribution in [2.24, 2.45) is 0 Å². The minimum Gasteiger partial charge on any atom is -0.134 e. The van der Waals surface area contributed by atoms with Crippen molar-refractivity contribution in [3.05, 3.63) is 60.7 Å². The minimum absolute atomic E-state index is 0.212. The monoisotopic (exact) mass is 286 g/mol. The first-order valence-electron chi connectivity index (χ1n) is 7.01. The van der Waals surface area contributed by atoms with E-state index >= 15 is 0 Å². The van der Waals surface area contributed by atoms with Crippen LogP contribution in [0.2, 0.25) is 0 Å². The molecule has 2 aromatic carbocycles. The molecule has 3 atom stereocenters. The van der Waals surface area contributed by atoms with Gasteiger partial charge in [0.05, 0.1) is 0 Å². The molecule has 98 valence electrons. The third-order valence-corrected chi connectivity index (χ3v) is 8.07. The Morgan fingerprint density at radius 2 is 1.32 bits per heavy atom. The van der Waals surface area contributed by atoms with Crippen LogP contribution in [0.1, 0.15) is 19.3 Å². The van der Waals surface area contributed by atoms with Gasteiger partial charge in [-0.3, -0.25) is 0 Å². The summed E-state index contributed by atoms with van der Waals surface area (Å²) in [5, 5.41) is 3.06. The molecule has 0 aromatic heterocycles. The fraction of sp³-hybridized carbons (Fsp3) is 0.294. The molecule has 1 fully saturated rings. The third-order valence-electron chi connectivity index (χ3n) is 3.93. The zero-order valence-electron chi connectivity index (χ0n) is 11.1. The average Bonchev–Trinajstić information content (AvgIpc) is 2.88. The fourth-order valence-electron chi connectivity index (χ4n) is 3.00. The van der Waals surface area contributed by atoms with Gasteiger partial charge in [-0.2, -0.15) is 0 Å². The van der Waals surface area contributed by atoms with Gasteiger partial charge in [0.15, 0.2) is 0 Å². The van der Waals surface area contributed by atoms with Gasteiger partial charge in [-0.1, -0.05) is 67.1 Å². The molecular weight excluding hydrogens is 266 g/mol. The van der Waals surface area contributed by atoms with Crippen LogP contribution in [-0.4, -0.2) is 11.3 Å². The summed E-state index contributed by atoms with van der Waals surface area (Å²) >= 11 is 0. The Hall–Kier alpha value is -0.700. The van der Waals surface area contributed by atoms with Crippen LogP contribution in [0, 0.1) is 0 Å². The average molecular weight is 286 g/mol. The topological polar surface area (TPSA) is 0 Å². The van der Waals surface area contributed by atoms with E-state index in [-0.39, 0.29) is 7.92 Å². The van der Waals surface area contributed by atoms with Gasteiger partial charge < -0.3 is 0 Å². The first kappa shape index (κ1) is 13.3. The van der Waals surface area contributed by atoms with Gasteiger partial charge in [0.1, 0.15) is 0 Å². The first-order chi connectivity index (χ1) is 9.36. The Morgan fingerprint density at radius 1 is 0.789 bits per heavy atom.